The molecule has 0 radical (unpaired) electrons. The van der Waals surface area contributed by atoms with E-state index >= 15 is 0 Å². The van der Waals surface area contributed by atoms with Gasteiger partial charge in [0.15, 0.2) is 0 Å². The largest absolute Gasteiger partial charge is 0.392 e. The normalized spacial score (nSPS) is 13.9. The summed E-state index contributed by atoms with van der Waals surface area (Å²) >= 11 is 5.68. The standard InChI is InChI=1S/C9H9ClF3NO/c10-8-5-14-2-1-6(8)3-7(15)4-9(11,12)13/h1-2,5,7,15H,3-4H2. The maximum Gasteiger partial charge on any atom is 0.391 e. The number of hydrogen-bond donors (Lipinski definition) is 1. The summed E-state index contributed by atoms with van der Waals surface area (Å²) in [4.78, 5) is 3.69. The number of halogens is 4. The molecule has 0 aliphatic heterocycles. The minimum atomic E-state index is -4.36. The number of aliphatic hydroxyl groups excluding tert-OH is 1. The molecule has 0 spiro atoms. The maximum absolute atomic E-state index is 11.9. The molecule has 0 aliphatic rings. The second-order valence-electron chi connectivity index (χ2n) is 3.14. The van der Waals surface area contributed by atoms with E-state index in [9.17, 15) is 13.2 Å². The molecule has 1 N–H and O–H groups in total. The zero-order valence-electron chi connectivity index (χ0n) is 7.63. The Morgan fingerprint density at radius 3 is 2.67 bits per heavy atom. The summed E-state index contributed by atoms with van der Waals surface area (Å²) in [6.45, 7) is 0. The lowest BCUT2D eigenvalue weighted by Gasteiger charge is -2.13. The van der Waals surface area contributed by atoms with Gasteiger partial charge in [-0.25, -0.2) is 0 Å². The fourth-order valence-corrected chi connectivity index (χ4v) is 1.36. The van der Waals surface area contributed by atoms with Crippen LogP contribution in [0.25, 0.3) is 0 Å². The predicted molar refractivity (Wildman–Crippen MR) is 49.6 cm³/mol. The fourth-order valence-electron chi connectivity index (χ4n) is 1.16. The van der Waals surface area contributed by atoms with E-state index in [-0.39, 0.29) is 11.4 Å². The molecule has 1 rings (SSSR count). The Hall–Kier alpha value is -0.810. The number of aliphatic hydroxyl groups is 1. The smallest absolute Gasteiger partial charge is 0.391 e. The Morgan fingerprint density at radius 1 is 1.47 bits per heavy atom. The lowest BCUT2D eigenvalue weighted by Crippen LogP contribution is -2.21. The highest BCUT2D eigenvalue weighted by Gasteiger charge is 2.31. The van der Waals surface area contributed by atoms with Crippen molar-refractivity contribution in [1.82, 2.24) is 4.98 Å². The van der Waals surface area contributed by atoms with Crippen molar-refractivity contribution < 1.29 is 18.3 Å². The molecule has 15 heavy (non-hydrogen) atoms. The van der Waals surface area contributed by atoms with Crippen LogP contribution >= 0.6 is 11.6 Å². The van der Waals surface area contributed by atoms with Gasteiger partial charge >= 0.3 is 6.18 Å². The van der Waals surface area contributed by atoms with Gasteiger partial charge in [-0.05, 0) is 11.6 Å². The van der Waals surface area contributed by atoms with Gasteiger partial charge in [0.25, 0.3) is 0 Å². The first-order valence-corrected chi connectivity index (χ1v) is 4.59. The molecule has 0 aliphatic carbocycles. The number of hydrogen-bond acceptors (Lipinski definition) is 2. The number of nitrogens with zero attached hydrogens (tertiary/aromatic N) is 1. The first kappa shape index (κ1) is 12.3. The van der Waals surface area contributed by atoms with Crippen molar-refractivity contribution >= 4 is 11.6 Å². The molecule has 1 heterocycles. The molecule has 1 atom stereocenters. The molecular formula is C9H9ClF3NO. The van der Waals surface area contributed by atoms with E-state index in [1.54, 1.807) is 0 Å². The van der Waals surface area contributed by atoms with Crippen LogP contribution in [0.5, 0.6) is 0 Å². The Labute approximate surface area is 89.7 Å². The number of aromatic nitrogens is 1. The average Bonchev–Trinajstić information content (AvgIpc) is 2.05. The van der Waals surface area contributed by atoms with Crippen LogP contribution in [0.1, 0.15) is 12.0 Å². The van der Waals surface area contributed by atoms with Gasteiger partial charge in [-0.1, -0.05) is 11.6 Å². The van der Waals surface area contributed by atoms with Crippen LogP contribution in [0.3, 0.4) is 0 Å². The van der Waals surface area contributed by atoms with Gasteiger partial charge in [0.1, 0.15) is 0 Å². The molecule has 0 fully saturated rings. The average molecular weight is 240 g/mol. The topological polar surface area (TPSA) is 33.1 Å². The summed E-state index contributed by atoms with van der Waals surface area (Å²) in [7, 11) is 0. The number of rotatable bonds is 3. The van der Waals surface area contributed by atoms with Crippen molar-refractivity contribution in [3.05, 3.63) is 29.0 Å². The highest BCUT2D eigenvalue weighted by Crippen LogP contribution is 2.24. The summed E-state index contributed by atoms with van der Waals surface area (Å²) in [5.41, 5.74) is 0.461. The molecular weight excluding hydrogens is 231 g/mol. The molecule has 2 nitrogen and oxygen atoms in total. The van der Waals surface area contributed by atoms with E-state index in [0.29, 0.717) is 5.56 Å². The molecule has 0 amide bonds. The molecule has 0 bridgehead atoms. The SMILES string of the molecule is OC(Cc1ccncc1Cl)CC(F)(F)F. The third-order valence-electron chi connectivity index (χ3n) is 1.78. The monoisotopic (exact) mass is 239 g/mol. The fraction of sp³-hybridized carbons (Fsp3) is 0.444. The Kier molecular flexibility index (Phi) is 3.93. The highest BCUT2D eigenvalue weighted by molar-refractivity contribution is 6.31. The summed E-state index contributed by atoms with van der Waals surface area (Å²) in [5, 5.41) is 9.43. The second kappa shape index (κ2) is 4.81. The van der Waals surface area contributed by atoms with Crippen molar-refractivity contribution in [2.75, 3.05) is 0 Å². The van der Waals surface area contributed by atoms with Crippen LogP contribution in [0, 0.1) is 0 Å². The van der Waals surface area contributed by atoms with Gasteiger partial charge in [0.2, 0.25) is 0 Å². The van der Waals surface area contributed by atoms with Gasteiger partial charge in [-0.2, -0.15) is 13.2 Å². The van der Waals surface area contributed by atoms with E-state index < -0.39 is 18.7 Å². The van der Waals surface area contributed by atoms with Gasteiger partial charge in [-0.15, -0.1) is 0 Å². The van der Waals surface area contributed by atoms with E-state index in [1.807, 2.05) is 0 Å². The molecule has 0 aromatic carbocycles. The Bertz CT molecular complexity index is 329. The summed E-state index contributed by atoms with van der Waals surface area (Å²) in [6.07, 6.45) is -4.44. The van der Waals surface area contributed by atoms with Crippen molar-refractivity contribution in [2.24, 2.45) is 0 Å². The third-order valence-corrected chi connectivity index (χ3v) is 2.12. The van der Waals surface area contributed by atoms with E-state index in [2.05, 4.69) is 4.98 Å². The quantitative estimate of drug-likeness (QED) is 0.880. The van der Waals surface area contributed by atoms with Crippen LogP contribution in [0.4, 0.5) is 13.2 Å². The highest BCUT2D eigenvalue weighted by atomic mass is 35.5. The first-order valence-electron chi connectivity index (χ1n) is 4.21. The lowest BCUT2D eigenvalue weighted by molar-refractivity contribution is -0.153. The molecule has 84 valence electrons. The summed E-state index contributed by atoms with van der Waals surface area (Å²) in [5.74, 6) is 0. The van der Waals surface area contributed by atoms with Gasteiger partial charge in [0, 0.05) is 18.8 Å². The summed E-state index contributed by atoms with van der Waals surface area (Å²) < 4.78 is 35.7. The van der Waals surface area contributed by atoms with E-state index in [1.165, 1.54) is 18.5 Å². The minimum Gasteiger partial charge on any atom is -0.392 e. The minimum absolute atomic E-state index is 0.124. The van der Waals surface area contributed by atoms with Crippen LogP contribution < -0.4 is 0 Å². The van der Waals surface area contributed by atoms with Crippen molar-refractivity contribution in [3.63, 3.8) is 0 Å². The van der Waals surface area contributed by atoms with E-state index in [4.69, 9.17) is 16.7 Å². The lowest BCUT2D eigenvalue weighted by atomic mass is 10.1. The molecule has 6 heteroatoms. The second-order valence-corrected chi connectivity index (χ2v) is 3.55. The van der Waals surface area contributed by atoms with Crippen LogP contribution in [-0.4, -0.2) is 22.4 Å². The van der Waals surface area contributed by atoms with Crippen LogP contribution in [0.15, 0.2) is 18.5 Å². The predicted octanol–water partition coefficient (Wildman–Crippen LogP) is 2.59. The molecule has 1 unspecified atom stereocenters. The summed E-state index contributed by atoms with van der Waals surface area (Å²) in [6, 6.07) is 1.49. The molecule has 0 saturated carbocycles. The third kappa shape index (κ3) is 4.48. The maximum atomic E-state index is 11.9. The molecule has 0 saturated heterocycles. The Balaban J connectivity index is 2.59. The van der Waals surface area contributed by atoms with Crippen molar-refractivity contribution in [2.45, 2.75) is 25.1 Å². The van der Waals surface area contributed by atoms with Crippen molar-refractivity contribution in [3.8, 4) is 0 Å². The van der Waals surface area contributed by atoms with Crippen LogP contribution in [0.2, 0.25) is 5.02 Å². The van der Waals surface area contributed by atoms with Gasteiger partial charge in [-0.3, -0.25) is 4.98 Å². The Morgan fingerprint density at radius 2 is 2.13 bits per heavy atom. The zero-order chi connectivity index (χ0) is 11.5. The molecule has 1 aromatic heterocycles. The van der Waals surface area contributed by atoms with Crippen LogP contribution in [-0.2, 0) is 6.42 Å². The van der Waals surface area contributed by atoms with Crippen molar-refractivity contribution in [1.29, 1.82) is 0 Å². The molecule has 1 aromatic rings. The van der Waals surface area contributed by atoms with E-state index in [0.717, 1.165) is 0 Å². The number of alkyl halides is 3. The zero-order valence-corrected chi connectivity index (χ0v) is 8.39. The van der Waals surface area contributed by atoms with Gasteiger partial charge in [0.05, 0.1) is 17.5 Å². The first-order chi connectivity index (χ1) is 6.88. The van der Waals surface area contributed by atoms with Gasteiger partial charge < -0.3 is 5.11 Å². The number of pyridine rings is 1.